The van der Waals surface area contributed by atoms with Gasteiger partial charge in [0.1, 0.15) is 11.5 Å². The van der Waals surface area contributed by atoms with Crippen molar-refractivity contribution >= 4 is 7.82 Å². The number of benzene rings is 2. The van der Waals surface area contributed by atoms with Crippen molar-refractivity contribution in [1.82, 2.24) is 0 Å². The quantitative estimate of drug-likeness (QED) is 0.804. The van der Waals surface area contributed by atoms with Gasteiger partial charge in [-0.05, 0) is 23.6 Å². The lowest BCUT2D eigenvalue weighted by Crippen LogP contribution is -2.17. The molecule has 1 unspecified atom stereocenters. The van der Waals surface area contributed by atoms with Crippen LogP contribution in [0.2, 0.25) is 0 Å². The normalized spacial score (nSPS) is 14.3. The van der Waals surface area contributed by atoms with Crippen LogP contribution in [0.15, 0.2) is 54.6 Å². The number of phosphoric ester groups is 1. The fourth-order valence-electron chi connectivity index (χ4n) is 1.92. The zero-order chi connectivity index (χ0) is 15.5. The molecule has 0 saturated heterocycles. The Bertz CT molecular complexity index is 647. The molecule has 2 aromatic rings. The van der Waals surface area contributed by atoms with E-state index in [0.29, 0.717) is 5.75 Å². The standard InChI is InChI=1S/C16H19O4P/c1-16(2,3)14-11-7-8-12-15(14)20-21(17,18)19-13-9-5-4-6-10-13/h4-12H,1-3H3,(H,17,18)/p-1. The van der Waals surface area contributed by atoms with Crippen molar-refractivity contribution in [3.8, 4) is 11.5 Å². The summed E-state index contributed by atoms with van der Waals surface area (Å²) in [5.74, 6) is 0.517. The molecule has 0 aromatic heterocycles. The van der Waals surface area contributed by atoms with E-state index in [9.17, 15) is 9.46 Å². The molecule has 1 atom stereocenters. The molecule has 2 aromatic carbocycles. The highest BCUT2D eigenvalue weighted by atomic mass is 31.2. The van der Waals surface area contributed by atoms with Crippen LogP contribution in [0.4, 0.5) is 0 Å². The van der Waals surface area contributed by atoms with Crippen molar-refractivity contribution < 1.29 is 18.5 Å². The van der Waals surface area contributed by atoms with Gasteiger partial charge in [0.2, 0.25) is 0 Å². The lowest BCUT2D eigenvalue weighted by molar-refractivity contribution is -0.208. The molecule has 0 aliphatic heterocycles. The second kappa shape index (κ2) is 5.92. The summed E-state index contributed by atoms with van der Waals surface area (Å²) in [7, 11) is -4.48. The first-order valence-corrected chi connectivity index (χ1v) is 8.09. The van der Waals surface area contributed by atoms with E-state index in [1.807, 2.05) is 32.9 Å². The minimum atomic E-state index is -4.48. The molecule has 0 heterocycles. The maximum Gasteiger partial charge on any atom is 0.372 e. The second-order valence-corrected chi connectivity index (χ2v) is 6.95. The molecule has 0 bridgehead atoms. The van der Waals surface area contributed by atoms with Gasteiger partial charge in [-0.1, -0.05) is 57.2 Å². The van der Waals surface area contributed by atoms with E-state index in [1.165, 1.54) is 0 Å². The molecule has 2 rings (SSSR count). The van der Waals surface area contributed by atoms with Crippen LogP contribution < -0.4 is 13.9 Å². The van der Waals surface area contributed by atoms with Gasteiger partial charge in [0, 0.05) is 5.56 Å². The smallest absolute Gasteiger partial charge is 0.372 e. The highest BCUT2D eigenvalue weighted by Gasteiger charge is 2.22. The zero-order valence-corrected chi connectivity index (χ0v) is 13.2. The molecular weight excluding hydrogens is 287 g/mol. The third kappa shape index (κ3) is 4.35. The third-order valence-electron chi connectivity index (χ3n) is 2.87. The van der Waals surface area contributed by atoms with Gasteiger partial charge in [-0.25, -0.2) is 4.57 Å². The van der Waals surface area contributed by atoms with Gasteiger partial charge in [-0.3, -0.25) is 0 Å². The summed E-state index contributed by atoms with van der Waals surface area (Å²) >= 11 is 0. The van der Waals surface area contributed by atoms with Crippen LogP contribution in [0.5, 0.6) is 11.5 Å². The maximum absolute atomic E-state index is 12.0. The summed E-state index contributed by atoms with van der Waals surface area (Å²) in [6, 6.07) is 15.3. The van der Waals surface area contributed by atoms with Gasteiger partial charge < -0.3 is 13.9 Å². The van der Waals surface area contributed by atoms with E-state index < -0.39 is 7.82 Å². The number of rotatable bonds is 4. The van der Waals surface area contributed by atoms with Crippen LogP contribution in [0.3, 0.4) is 0 Å². The van der Waals surface area contributed by atoms with E-state index in [1.54, 1.807) is 42.5 Å². The van der Waals surface area contributed by atoms with E-state index in [2.05, 4.69) is 0 Å². The first-order chi connectivity index (χ1) is 9.78. The average molecular weight is 305 g/mol. The van der Waals surface area contributed by atoms with Crippen molar-refractivity contribution in [1.29, 1.82) is 0 Å². The van der Waals surface area contributed by atoms with E-state index in [4.69, 9.17) is 9.05 Å². The SMILES string of the molecule is CC(C)(C)c1ccccc1OP(=O)([O-])Oc1ccccc1. The summed E-state index contributed by atoms with van der Waals surface area (Å²) in [5.41, 5.74) is 0.571. The molecule has 5 heteroatoms. The Morgan fingerprint density at radius 3 is 2.10 bits per heavy atom. The first kappa shape index (κ1) is 15.6. The first-order valence-electron chi connectivity index (χ1n) is 6.63. The van der Waals surface area contributed by atoms with Crippen molar-refractivity contribution in [2.75, 3.05) is 0 Å². The maximum atomic E-state index is 12.0. The molecule has 0 saturated carbocycles. The zero-order valence-electron chi connectivity index (χ0n) is 12.3. The van der Waals surface area contributed by atoms with Crippen LogP contribution in [0.1, 0.15) is 26.3 Å². The fourth-order valence-corrected chi connectivity index (χ4v) is 2.73. The summed E-state index contributed by atoms with van der Waals surface area (Å²) < 4.78 is 22.1. The predicted molar refractivity (Wildman–Crippen MR) is 80.4 cm³/mol. The third-order valence-corrected chi connectivity index (χ3v) is 3.72. The fraction of sp³-hybridized carbons (Fsp3) is 0.250. The molecule has 4 nitrogen and oxygen atoms in total. The van der Waals surface area contributed by atoms with Crippen molar-refractivity contribution in [3.05, 3.63) is 60.2 Å². The summed E-state index contributed by atoms with van der Waals surface area (Å²) in [6.45, 7) is 5.97. The number of hydrogen-bond donors (Lipinski definition) is 0. The highest BCUT2D eigenvalue weighted by Crippen LogP contribution is 2.43. The number of para-hydroxylation sites is 2. The van der Waals surface area contributed by atoms with Crippen molar-refractivity contribution in [3.63, 3.8) is 0 Å². The molecule has 112 valence electrons. The molecule has 0 spiro atoms. The van der Waals surface area contributed by atoms with Gasteiger partial charge in [-0.15, -0.1) is 0 Å². The van der Waals surface area contributed by atoms with Crippen LogP contribution in [-0.4, -0.2) is 0 Å². The van der Waals surface area contributed by atoms with Gasteiger partial charge in [-0.2, -0.15) is 0 Å². The molecule has 0 radical (unpaired) electrons. The lowest BCUT2D eigenvalue weighted by Gasteiger charge is -2.28. The predicted octanol–water partition coefficient (Wildman–Crippen LogP) is 3.91. The molecule has 0 aliphatic rings. The summed E-state index contributed by atoms with van der Waals surface area (Å²) in [6.07, 6.45) is 0. The van der Waals surface area contributed by atoms with Gasteiger partial charge in [0.15, 0.2) is 0 Å². The Morgan fingerprint density at radius 1 is 0.905 bits per heavy atom. The van der Waals surface area contributed by atoms with E-state index in [-0.39, 0.29) is 11.2 Å². The largest absolute Gasteiger partial charge is 0.736 e. The molecule has 21 heavy (non-hydrogen) atoms. The van der Waals surface area contributed by atoms with E-state index >= 15 is 0 Å². The Labute approximate surface area is 125 Å². The summed E-state index contributed by atoms with van der Waals surface area (Å²) in [5, 5.41) is 0. The molecule has 0 amide bonds. The minimum absolute atomic E-state index is 0.226. The van der Waals surface area contributed by atoms with Crippen molar-refractivity contribution in [2.45, 2.75) is 26.2 Å². The lowest BCUT2D eigenvalue weighted by atomic mass is 9.86. The Hall–Kier alpha value is -1.77. The number of hydrogen-bond acceptors (Lipinski definition) is 4. The van der Waals surface area contributed by atoms with Crippen LogP contribution >= 0.6 is 7.82 Å². The molecular formula is C16H18O4P-. The van der Waals surface area contributed by atoms with Crippen LogP contribution in [0, 0.1) is 0 Å². The highest BCUT2D eigenvalue weighted by molar-refractivity contribution is 7.46. The second-order valence-electron chi connectivity index (χ2n) is 5.69. The monoisotopic (exact) mass is 305 g/mol. The molecule has 0 aliphatic carbocycles. The van der Waals surface area contributed by atoms with Gasteiger partial charge >= 0.3 is 7.82 Å². The molecule has 0 N–H and O–H groups in total. The topological polar surface area (TPSA) is 58.6 Å². The Morgan fingerprint density at radius 2 is 1.48 bits per heavy atom. The average Bonchev–Trinajstić information content (AvgIpc) is 2.38. The molecule has 0 fully saturated rings. The number of phosphoric acid groups is 1. The Balaban J connectivity index is 2.23. The van der Waals surface area contributed by atoms with Crippen LogP contribution in [-0.2, 0) is 9.98 Å². The summed E-state index contributed by atoms with van der Waals surface area (Å²) in [4.78, 5) is 12.0. The van der Waals surface area contributed by atoms with Gasteiger partial charge in [0.05, 0.1) is 0 Å². The van der Waals surface area contributed by atoms with Crippen molar-refractivity contribution in [2.24, 2.45) is 0 Å². The van der Waals surface area contributed by atoms with Gasteiger partial charge in [0.25, 0.3) is 0 Å². The Kier molecular flexibility index (Phi) is 4.40. The van der Waals surface area contributed by atoms with Crippen LogP contribution in [0.25, 0.3) is 0 Å². The minimum Gasteiger partial charge on any atom is -0.736 e. The van der Waals surface area contributed by atoms with E-state index in [0.717, 1.165) is 5.56 Å².